The second-order valence-corrected chi connectivity index (χ2v) is 5.22. The minimum atomic E-state index is -0.259. The summed E-state index contributed by atoms with van der Waals surface area (Å²) in [5, 5.41) is 15.7. The number of nitrogens with one attached hydrogen (secondary N) is 2. The lowest BCUT2D eigenvalue weighted by Crippen LogP contribution is -2.41. The zero-order valence-corrected chi connectivity index (χ0v) is 12.4. The van der Waals surface area contributed by atoms with Crippen molar-refractivity contribution in [2.24, 2.45) is 0 Å². The maximum Gasteiger partial charge on any atom is 0.237 e. The van der Waals surface area contributed by atoms with Crippen LogP contribution in [0.3, 0.4) is 0 Å². The van der Waals surface area contributed by atoms with Crippen molar-refractivity contribution in [3.05, 3.63) is 23.4 Å². The number of anilines is 1. The second-order valence-electron chi connectivity index (χ2n) is 4.81. The van der Waals surface area contributed by atoms with Gasteiger partial charge >= 0.3 is 0 Å². The van der Waals surface area contributed by atoms with Crippen molar-refractivity contribution in [1.29, 1.82) is 5.26 Å². The fourth-order valence-corrected chi connectivity index (χ4v) is 2.47. The zero-order valence-electron chi connectivity index (χ0n) is 11.7. The van der Waals surface area contributed by atoms with Gasteiger partial charge in [-0.3, -0.25) is 4.79 Å². The van der Waals surface area contributed by atoms with Crippen molar-refractivity contribution in [3.8, 4) is 6.07 Å². The average molecular weight is 308 g/mol. The Morgan fingerprint density at radius 2 is 2.43 bits per heavy atom. The number of likely N-dealkylation sites (tertiary alicyclic amines) is 1. The molecule has 0 spiro atoms. The van der Waals surface area contributed by atoms with Crippen LogP contribution in [0.15, 0.2) is 18.3 Å². The van der Waals surface area contributed by atoms with Crippen molar-refractivity contribution in [3.63, 3.8) is 0 Å². The van der Waals surface area contributed by atoms with Crippen LogP contribution in [-0.4, -0.2) is 48.0 Å². The summed E-state index contributed by atoms with van der Waals surface area (Å²) in [7, 11) is 0. The summed E-state index contributed by atoms with van der Waals surface area (Å²) in [6.07, 6.45) is 3.35. The predicted octanol–water partition coefficient (Wildman–Crippen LogP) is 1.25. The van der Waals surface area contributed by atoms with Crippen LogP contribution in [-0.2, 0) is 4.79 Å². The Hall–Kier alpha value is -1.84. The van der Waals surface area contributed by atoms with Gasteiger partial charge < -0.3 is 15.5 Å². The normalized spacial score (nSPS) is 17.5. The van der Waals surface area contributed by atoms with Gasteiger partial charge in [0.25, 0.3) is 0 Å². The Morgan fingerprint density at radius 1 is 1.57 bits per heavy atom. The molecule has 0 bridgehead atoms. The van der Waals surface area contributed by atoms with Crippen LogP contribution in [0.2, 0.25) is 5.02 Å². The Morgan fingerprint density at radius 3 is 3.19 bits per heavy atom. The number of halogens is 1. The molecule has 1 fully saturated rings. The highest BCUT2D eigenvalue weighted by molar-refractivity contribution is 6.32. The molecule has 7 heteroatoms. The quantitative estimate of drug-likeness (QED) is 0.773. The van der Waals surface area contributed by atoms with Crippen LogP contribution in [0.1, 0.15) is 12.8 Å². The molecule has 0 radical (unpaired) electrons. The SMILES string of the molecule is N#C[C@@H]1CCCN1C(=O)CNCCNc1ncccc1Cl. The van der Waals surface area contributed by atoms with Crippen molar-refractivity contribution in [2.45, 2.75) is 18.9 Å². The van der Waals surface area contributed by atoms with Gasteiger partial charge in [0, 0.05) is 25.8 Å². The first-order valence-corrected chi connectivity index (χ1v) is 7.34. The van der Waals surface area contributed by atoms with Crippen LogP contribution in [0, 0.1) is 11.3 Å². The lowest BCUT2D eigenvalue weighted by Gasteiger charge is -2.19. The molecule has 1 amide bonds. The van der Waals surface area contributed by atoms with E-state index in [4.69, 9.17) is 16.9 Å². The topological polar surface area (TPSA) is 81.0 Å². The van der Waals surface area contributed by atoms with Crippen molar-refractivity contribution in [1.82, 2.24) is 15.2 Å². The lowest BCUT2D eigenvalue weighted by atomic mass is 10.2. The van der Waals surface area contributed by atoms with Gasteiger partial charge in [-0.1, -0.05) is 11.6 Å². The standard InChI is InChI=1S/C14H18ClN5O/c15-12-4-1-5-18-14(12)19-7-6-17-10-13(21)20-8-2-3-11(20)9-16/h1,4-5,11,17H,2-3,6-8,10H2,(H,18,19)/t11-/m0/s1. The number of carbonyl (C=O) groups is 1. The van der Waals surface area contributed by atoms with E-state index in [2.05, 4.69) is 21.7 Å². The van der Waals surface area contributed by atoms with Crippen LogP contribution in [0.25, 0.3) is 0 Å². The molecular formula is C14H18ClN5O. The first-order chi connectivity index (χ1) is 10.2. The largest absolute Gasteiger partial charge is 0.368 e. The molecule has 6 nitrogen and oxygen atoms in total. The van der Waals surface area contributed by atoms with E-state index in [1.165, 1.54) is 0 Å². The molecule has 1 aliphatic heterocycles. The Kier molecular flexibility index (Phi) is 5.78. The smallest absolute Gasteiger partial charge is 0.237 e. The fourth-order valence-electron chi connectivity index (χ4n) is 2.28. The van der Waals surface area contributed by atoms with Gasteiger partial charge in [0.2, 0.25) is 5.91 Å². The van der Waals surface area contributed by atoms with Crippen molar-refractivity contribution in [2.75, 3.05) is 31.5 Å². The van der Waals surface area contributed by atoms with E-state index in [0.717, 1.165) is 12.8 Å². The molecule has 1 aliphatic rings. The third kappa shape index (κ3) is 4.31. The molecule has 2 heterocycles. The molecule has 0 saturated carbocycles. The summed E-state index contributed by atoms with van der Waals surface area (Å²) in [6, 6.07) is 5.44. The van der Waals surface area contributed by atoms with Crippen LogP contribution in [0.5, 0.6) is 0 Å². The van der Waals surface area contributed by atoms with E-state index < -0.39 is 0 Å². The third-order valence-corrected chi connectivity index (χ3v) is 3.66. The molecule has 112 valence electrons. The average Bonchev–Trinajstić information content (AvgIpc) is 2.97. The van der Waals surface area contributed by atoms with E-state index in [-0.39, 0.29) is 18.5 Å². The maximum absolute atomic E-state index is 12.0. The molecule has 0 aromatic carbocycles. The van der Waals surface area contributed by atoms with Crippen LogP contribution < -0.4 is 10.6 Å². The molecular weight excluding hydrogens is 290 g/mol. The number of pyridine rings is 1. The number of aromatic nitrogens is 1. The molecule has 1 aromatic heterocycles. The summed E-state index contributed by atoms with van der Waals surface area (Å²) in [4.78, 5) is 17.7. The first-order valence-electron chi connectivity index (χ1n) is 6.96. The van der Waals surface area contributed by atoms with Gasteiger partial charge in [-0.15, -0.1) is 0 Å². The van der Waals surface area contributed by atoms with E-state index in [9.17, 15) is 4.79 Å². The summed E-state index contributed by atoms with van der Waals surface area (Å²) >= 11 is 5.97. The lowest BCUT2D eigenvalue weighted by molar-refractivity contribution is -0.130. The molecule has 2 rings (SSSR count). The van der Waals surface area contributed by atoms with E-state index in [0.29, 0.717) is 30.5 Å². The van der Waals surface area contributed by atoms with E-state index >= 15 is 0 Å². The number of nitriles is 1. The number of nitrogens with zero attached hydrogens (tertiary/aromatic N) is 3. The van der Waals surface area contributed by atoms with Gasteiger partial charge in [-0.05, 0) is 25.0 Å². The molecule has 1 saturated heterocycles. The summed E-state index contributed by atoms with van der Waals surface area (Å²) in [5.74, 6) is 0.617. The summed E-state index contributed by atoms with van der Waals surface area (Å²) in [6.45, 7) is 2.16. The number of rotatable bonds is 6. The first kappa shape index (κ1) is 15.5. The summed E-state index contributed by atoms with van der Waals surface area (Å²) in [5.41, 5.74) is 0. The number of hydrogen-bond acceptors (Lipinski definition) is 5. The third-order valence-electron chi connectivity index (χ3n) is 3.35. The number of hydrogen-bond donors (Lipinski definition) is 2. The van der Waals surface area contributed by atoms with Gasteiger partial charge in [0.1, 0.15) is 11.9 Å². The highest BCUT2D eigenvalue weighted by Crippen LogP contribution is 2.17. The van der Waals surface area contributed by atoms with Crippen molar-refractivity contribution < 1.29 is 4.79 Å². The highest BCUT2D eigenvalue weighted by Gasteiger charge is 2.27. The minimum Gasteiger partial charge on any atom is -0.368 e. The van der Waals surface area contributed by atoms with E-state index in [1.807, 2.05) is 0 Å². The van der Waals surface area contributed by atoms with E-state index in [1.54, 1.807) is 23.2 Å². The van der Waals surface area contributed by atoms with Crippen LogP contribution in [0.4, 0.5) is 5.82 Å². The van der Waals surface area contributed by atoms with Crippen molar-refractivity contribution >= 4 is 23.3 Å². The molecule has 0 aliphatic carbocycles. The number of carbonyl (C=O) groups excluding carboxylic acids is 1. The van der Waals surface area contributed by atoms with Crippen LogP contribution >= 0.6 is 11.6 Å². The second kappa shape index (κ2) is 7.81. The minimum absolute atomic E-state index is 0.0186. The highest BCUT2D eigenvalue weighted by atomic mass is 35.5. The molecule has 0 unspecified atom stereocenters. The zero-order chi connectivity index (χ0) is 15.1. The monoisotopic (exact) mass is 307 g/mol. The number of amides is 1. The molecule has 21 heavy (non-hydrogen) atoms. The molecule has 2 N–H and O–H groups in total. The van der Waals surface area contributed by atoms with Gasteiger partial charge in [0.15, 0.2) is 0 Å². The van der Waals surface area contributed by atoms with Gasteiger partial charge in [-0.2, -0.15) is 5.26 Å². The fraction of sp³-hybridized carbons (Fsp3) is 0.500. The maximum atomic E-state index is 12.0. The molecule has 1 aromatic rings. The van der Waals surface area contributed by atoms with Gasteiger partial charge in [-0.25, -0.2) is 4.98 Å². The Bertz CT molecular complexity index is 530. The Balaban J connectivity index is 1.65. The molecule has 1 atom stereocenters. The summed E-state index contributed by atoms with van der Waals surface area (Å²) < 4.78 is 0. The predicted molar refractivity (Wildman–Crippen MR) is 81.0 cm³/mol. The Labute approximate surface area is 129 Å². The van der Waals surface area contributed by atoms with Gasteiger partial charge in [0.05, 0.1) is 17.6 Å².